The first-order valence-corrected chi connectivity index (χ1v) is 6.29. The second-order valence-electron chi connectivity index (χ2n) is 3.43. The molecule has 1 aliphatic rings. The highest BCUT2D eigenvalue weighted by molar-refractivity contribution is 8.00. The molecule has 1 N–H and O–H groups in total. The van der Waals surface area contributed by atoms with E-state index in [0.717, 1.165) is 40.2 Å². The van der Waals surface area contributed by atoms with Gasteiger partial charge in [-0.1, -0.05) is 23.7 Å². The lowest BCUT2D eigenvalue weighted by Gasteiger charge is -2.06. The SMILES string of the molecule is Cc1cccc(SCC2=NCCN2)c1Cl.Cl. The molecule has 5 heteroatoms. The molecule has 16 heavy (non-hydrogen) atoms. The van der Waals surface area contributed by atoms with Crippen LogP contribution < -0.4 is 5.32 Å². The van der Waals surface area contributed by atoms with Crippen molar-refractivity contribution in [1.29, 1.82) is 0 Å². The lowest BCUT2D eigenvalue weighted by atomic mass is 10.2. The maximum atomic E-state index is 6.20. The third-order valence-corrected chi connectivity index (χ3v) is 3.95. The largest absolute Gasteiger partial charge is 0.371 e. The van der Waals surface area contributed by atoms with Crippen LogP contribution in [0.5, 0.6) is 0 Å². The summed E-state index contributed by atoms with van der Waals surface area (Å²) in [5.74, 6) is 1.96. The van der Waals surface area contributed by atoms with Crippen molar-refractivity contribution in [2.24, 2.45) is 4.99 Å². The number of hydrogen-bond acceptors (Lipinski definition) is 3. The van der Waals surface area contributed by atoms with E-state index in [-0.39, 0.29) is 12.4 Å². The van der Waals surface area contributed by atoms with Gasteiger partial charge >= 0.3 is 0 Å². The second-order valence-corrected chi connectivity index (χ2v) is 4.83. The lowest BCUT2D eigenvalue weighted by molar-refractivity contribution is 0.959. The average Bonchev–Trinajstić information content (AvgIpc) is 2.73. The van der Waals surface area contributed by atoms with E-state index in [9.17, 15) is 0 Å². The first kappa shape index (κ1) is 13.7. The number of aryl methyl sites for hydroxylation is 1. The molecule has 1 aromatic carbocycles. The third-order valence-electron chi connectivity index (χ3n) is 2.26. The van der Waals surface area contributed by atoms with Crippen LogP contribution in [0.2, 0.25) is 5.02 Å². The second kappa shape index (κ2) is 6.38. The van der Waals surface area contributed by atoms with Gasteiger partial charge in [0.05, 0.1) is 17.3 Å². The highest BCUT2D eigenvalue weighted by atomic mass is 35.5. The molecule has 0 aliphatic carbocycles. The summed E-state index contributed by atoms with van der Waals surface area (Å²) in [4.78, 5) is 5.48. The van der Waals surface area contributed by atoms with Gasteiger partial charge < -0.3 is 5.32 Å². The molecule has 88 valence electrons. The fourth-order valence-corrected chi connectivity index (χ4v) is 2.66. The monoisotopic (exact) mass is 276 g/mol. The summed E-state index contributed by atoms with van der Waals surface area (Å²) in [6.45, 7) is 3.90. The Morgan fingerprint density at radius 3 is 3.00 bits per heavy atom. The van der Waals surface area contributed by atoms with Gasteiger partial charge in [-0.15, -0.1) is 24.2 Å². The number of hydrogen-bond donors (Lipinski definition) is 1. The summed E-state index contributed by atoms with van der Waals surface area (Å²) in [5, 5.41) is 4.11. The molecule has 0 atom stereocenters. The molecular formula is C11H14Cl2N2S. The minimum Gasteiger partial charge on any atom is -0.371 e. The van der Waals surface area contributed by atoms with Crippen LogP contribution in [0.25, 0.3) is 0 Å². The zero-order chi connectivity index (χ0) is 10.7. The van der Waals surface area contributed by atoms with Gasteiger partial charge in [-0.05, 0) is 18.6 Å². The summed E-state index contributed by atoms with van der Waals surface area (Å²) in [7, 11) is 0. The summed E-state index contributed by atoms with van der Waals surface area (Å²) in [5.41, 5.74) is 1.13. The van der Waals surface area contributed by atoms with E-state index in [2.05, 4.69) is 16.4 Å². The Hall–Kier alpha value is -0.380. The molecule has 0 aromatic heterocycles. The number of nitrogens with one attached hydrogen (secondary N) is 1. The van der Waals surface area contributed by atoms with Crippen LogP contribution in [-0.2, 0) is 0 Å². The first-order chi connectivity index (χ1) is 7.27. The molecule has 2 rings (SSSR count). The Kier molecular flexibility index (Phi) is 5.46. The molecule has 0 amide bonds. The smallest absolute Gasteiger partial charge is 0.107 e. The summed E-state index contributed by atoms with van der Waals surface area (Å²) in [6.07, 6.45) is 0. The summed E-state index contributed by atoms with van der Waals surface area (Å²) < 4.78 is 0. The van der Waals surface area contributed by atoms with Crippen LogP contribution in [0.15, 0.2) is 28.1 Å². The van der Waals surface area contributed by atoms with Gasteiger partial charge in [0.25, 0.3) is 0 Å². The molecular weight excluding hydrogens is 263 g/mol. The maximum Gasteiger partial charge on any atom is 0.107 e. The molecule has 0 bridgehead atoms. The highest BCUT2D eigenvalue weighted by Gasteiger charge is 2.08. The highest BCUT2D eigenvalue weighted by Crippen LogP contribution is 2.29. The van der Waals surface area contributed by atoms with Gasteiger partial charge in [0.15, 0.2) is 0 Å². The molecule has 0 saturated heterocycles. The van der Waals surface area contributed by atoms with Gasteiger partial charge in [0.1, 0.15) is 5.84 Å². The number of benzene rings is 1. The Morgan fingerprint density at radius 1 is 1.50 bits per heavy atom. The van der Waals surface area contributed by atoms with Crippen LogP contribution in [0.1, 0.15) is 5.56 Å². The van der Waals surface area contributed by atoms with Crippen molar-refractivity contribution in [3.63, 3.8) is 0 Å². The maximum absolute atomic E-state index is 6.20. The van der Waals surface area contributed by atoms with Gasteiger partial charge in [-0.3, -0.25) is 4.99 Å². The van der Waals surface area contributed by atoms with Crippen LogP contribution in [0.3, 0.4) is 0 Å². The molecule has 1 aliphatic heterocycles. The van der Waals surface area contributed by atoms with Crippen molar-refractivity contribution in [3.05, 3.63) is 28.8 Å². The Bertz CT molecular complexity index is 394. The quantitative estimate of drug-likeness (QED) is 0.858. The Morgan fingerprint density at radius 2 is 2.31 bits per heavy atom. The first-order valence-electron chi connectivity index (χ1n) is 4.92. The molecule has 0 unspecified atom stereocenters. The minimum atomic E-state index is 0. The van der Waals surface area contributed by atoms with Crippen molar-refractivity contribution in [1.82, 2.24) is 5.32 Å². The van der Waals surface area contributed by atoms with Crippen LogP contribution in [0, 0.1) is 6.92 Å². The van der Waals surface area contributed by atoms with E-state index in [0.29, 0.717) is 0 Å². The number of nitrogens with zero attached hydrogens (tertiary/aromatic N) is 1. The van der Waals surface area contributed by atoms with Gasteiger partial charge in [0.2, 0.25) is 0 Å². The van der Waals surface area contributed by atoms with E-state index < -0.39 is 0 Å². The number of halogens is 2. The van der Waals surface area contributed by atoms with Gasteiger partial charge in [0, 0.05) is 11.4 Å². The fourth-order valence-electron chi connectivity index (χ4n) is 1.42. The van der Waals surface area contributed by atoms with Crippen LogP contribution in [-0.4, -0.2) is 24.7 Å². The number of rotatable bonds is 3. The normalized spacial score (nSPS) is 14.0. The van der Waals surface area contributed by atoms with Crippen molar-refractivity contribution in [2.75, 3.05) is 18.8 Å². The summed E-state index contributed by atoms with van der Waals surface area (Å²) in [6, 6.07) is 6.11. The predicted octanol–water partition coefficient (Wildman–Crippen LogP) is 3.16. The van der Waals surface area contributed by atoms with E-state index in [1.807, 2.05) is 19.1 Å². The minimum absolute atomic E-state index is 0. The third kappa shape index (κ3) is 3.30. The lowest BCUT2D eigenvalue weighted by Crippen LogP contribution is -2.20. The van der Waals surface area contributed by atoms with E-state index in [1.54, 1.807) is 11.8 Å². The molecule has 0 radical (unpaired) electrons. The molecule has 1 heterocycles. The van der Waals surface area contributed by atoms with Crippen molar-refractivity contribution in [2.45, 2.75) is 11.8 Å². The topological polar surface area (TPSA) is 24.4 Å². The van der Waals surface area contributed by atoms with E-state index in [4.69, 9.17) is 11.6 Å². The van der Waals surface area contributed by atoms with Crippen molar-refractivity contribution >= 4 is 41.6 Å². The average molecular weight is 277 g/mol. The van der Waals surface area contributed by atoms with Crippen LogP contribution in [0.4, 0.5) is 0 Å². The number of thioether (sulfide) groups is 1. The molecule has 0 saturated carbocycles. The fraction of sp³-hybridized carbons (Fsp3) is 0.364. The van der Waals surface area contributed by atoms with Gasteiger partial charge in [-0.25, -0.2) is 0 Å². The zero-order valence-electron chi connectivity index (χ0n) is 9.00. The zero-order valence-corrected chi connectivity index (χ0v) is 11.4. The molecule has 2 nitrogen and oxygen atoms in total. The van der Waals surface area contributed by atoms with Crippen molar-refractivity contribution in [3.8, 4) is 0 Å². The van der Waals surface area contributed by atoms with Crippen LogP contribution >= 0.6 is 35.8 Å². The number of amidine groups is 1. The molecule has 1 aromatic rings. The Labute approximate surface area is 111 Å². The van der Waals surface area contributed by atoms with Crippen molar-refractivity contribution < 1.29 is 0 Å². The van der Waals surface area contributed by atoms with Gasteiger partial charge in [-0.2, -0.15) is 0 Å². The predicted molar refractivity (Wildman–Crippen MR) is 74.5 cm³/mol. The van der Waals surface area contributed by atoms with E-state index >= 15 is 0 Å². The summed E-state index contributed by atoms with van der Waals surface area (Å²) >= 11 is 7.93. The molecule has 0 fully saturated rings. The number of aliphatic imine (C=N–C) groups is 1. The standard InChI is InChI=1S/C11H13ClN2S.ClH/c1-8-3-2-4-9(11(8)12)15-7-10-13-5-6-14-10;/h2-4H,5-7H2,1H3,(H,13,14);1H. The van der Waals surface area contributed by atoms with E-state index in [1.165, 1.54) is 0 Å². The molecule has 0 spiro atoms. The Balaban J connectivity index is 0.00000128.